The van der Waals surface area contributed by atoms with Crippen molar-refractivity contribution in [1.29, 1.82) is 0 Å². The predicted molar refractivity (Wildman–Crippen MR) is 75.3 cm³/mol. The van der Waals surface area contributed by atoms with Gasteiger partial charge in [0.05, 0.1) is 5.25 Å². The molecule has 5 nitrogen and oxygen atoms in total. The van der Waals surface area contributed by atoms with Gasteiger partial charge in [-0.05, 0) is 31.6 Å². The fourth-order valence-electron chi connectivity index (χ4n) is 3.17. The first kappa shape index (κ1) is 15.2. The topological polar surface area (TPSA) is 81.4 Å². The van der Waals surface area contributed by atoms with Crippen LogP contribution in [-0.4, -0.2) is 39.5 Å². The average molecular weight is 290 g/mol. The van der Waals surface area contributed by atoms with E-state index >= 15 is 0 Å². The number of nitrogens with two attached hydrogens (primary N) is 1. The van der Waals surface area contributed by atoms with Crippen molar-refractivity contribution < 1.29 is 13.2 Å². The molecule has 0 aromatic heterocycles. The van der Waals surface area contributed by atoms with Crippen LogP contribution in [0.2, 0.25) is 0 Å². The summed E-state index contributed by atoms with van der Waals surface area (Å²) in [4.78, 5) is 0. The Hall–Kier alpha value is -0.170. The largest absolute Gasteiger partial charge is 0.381 e. The summed E-state index contributed by atoms with van der Waals surface area (Å²) < 4.78 is 32.9. The molecule has 0 amide bonds. The average Bonchev–Trinajstić information content (AvgIpc) is 2.47. The number of rotatable bonds is 5. The van der Waals surface area contributed by atoms with E-state index in [9.17, 15) is 8.42 Å². The molecule has 1 aliphatic carbocycles. The molecule has 0 aromatic carbocycles. The normalized spacial score (nSPS) is 25.3. The lowest BCUT2D eigenvalue weighted by Crippen LogP contribution is -2.49. The lowest BCUT2D eigenvalue weighted by atomic mass is 9.84. The van der Waals surface area contributed by atoms with Gasteiger partial charge in [-0.25, -0.2) is 13.1 Å². The van der Waals surface area contributed by atoms with Crippen molar-refractivity contribution in [3.8, 4) is 0 Å². The van der Waals surface area contributed by atoms with Gasteiger partial charge in [0.25, 0.3) is 0 Å². The van der Waals surface area contributed by atoms with Gasteiger partial charge >= 0.3 is 0 Å². The molecule has 1 heterocycles. The molecule has 19 heavy (non-hydrogen) atoms. The lowest BCUT2D eigenvalue weighted by molar-refractivity contribution is 0.0979. The Morgan fingerprint density at radius 1 is 1.11 bits per heavy atom. The number of sulfonamides is 1. The highest BCUT2D eigenvalue weighted by Crippen LogP contribution is 2.27. The Balaban J connectivity index is 1.95. The zero-order chi connectivity index (χ0) is 13.7. The van der Waals surface area contributed by atoms with E-state index in [-0.39, 0.29) is 11.3 Å². The molecule has 1 unspecified atom stereocenters. The van der Waals surface area contributed by atoms with Gasteiger partial charge in [-0.3, -0.25) is 0 Å². The summed E-state index contributed by atoms with van der Waals surface area (Å²) in [5.74, 6) is 0.411. The molecule has 0 spiro atoms. The zero-order valence-electron chi connectivity index (χ0n) is 11.5. The van der Waals surface area contributed by atoms with Crippen LogP contribution in [0.15, 0.2) is 0 Å². The van der Waals surface area contributed by atoms with Gasteiger partial charge in [0.2, 0.25) is 10.0 Å². The van der Waals surface area contributed by atoms with E-state index in [0.717, 1.165) is 12.8 Å². The molecule has 6 heteroatoms. The molecule has 1 saturated carbocycles. The van der Waals surface area contributed by atoms with Gasteiger partial charge in [0, 0.05) is 25.8 Å². The Bertz CT molecular complexity index is 360. The van der Waals surface area contributed by atoms with Crippen LogP contribution in [0.3, 0.4) is 0 Å². The maximum absolute atomic E-state index is 12.4. The minimum Gasteiger partial charge on any atom is -0.381 e. The third-order valence-corrected chi connectivity index (χ3v) is 6.38. The third-order valence-electron chi connectivity index (χ3n) is 4.40. The molecule has 0 bridgehead atoms. The first-order valence-corrected chi connectivity index (χ1v) is 8.97. The standard InChI is InChI=1S/C13H26N2O3S/c14-10-13(11-4-2-1-3-5-11)15-19(16,17)12-6-8-18-9-7-12/h11-13,15H,1-10,14H2. The quantitative estimate of drug-likeness (QED) is 0.791. The predicted octanol–water partition coefficient (Wildman–Crippen LogP) is 0.992. The molecular weight excluding hydrogens is 264 g/mol. The molecule has 0 aromatic rings. The summed E-state index contributed by atoms with van der Waals surface area (Å²) in [6.45, 7) is 1.48. The molecule has 112 valence electrons. The Labute approximate surface area is 116 Å². The van der Waals surface area contributed by atoms with Crippen molar-refractivity contribution in [3.63, 3.8) is 0 Å². The van der Waals surface area contributed by atoms with Crippen molar-refractivity contribution in [1.82, 2.24) is 4.72 Å². The molecule has 0 radical (unpaired) electrons. The number of hydrogen-bond donors (Lipinski definition) is 2. The van der Waals surface area contributed by atoms with Gasteiger partial charge in [-0.15, -0.1) is 0 Å². The molecule has 1 atom stereocenters. The zero-order valence-corrected chi connectivity index (χ0v) is 12.3. The summed E-state index contributed by atoms with van der Waals surface area (Å²) in [5, 5.41) is -0.307. The van der Waals surface area contributed by atoms with E-state index in [4.69, 9.17) is 10.5 Å². The van der Waals surface area contributed by atoms with Gasteiger partial charge < -0.3 is 10.5 Å². The maximum atomic E-state index is 12.4. The summed E-state index contributed by atoms with van der Waals surface area (Å²) >= 11 is 0. The second kappa shape index (κ2) is 7.02. The molecular formula is C13H26N2O3S. The van der Waals surface area contributed by atoms with Crippen molar-refractivity contribution in [3.05, 3.63) is 0 Å². The maximum Gasteiger partial charge on any atom is 0.214 e. The highest BCUT2D eigenvalue weighted by molar-refractivity contribution is 7.90. The van der Waals surface area contributed by atoms with E-state index < -0.39 is 10.0 Å². The molecule has 1 saturated heterocycles. The summed E-state index contributed by atoms with van der Waals surface area (Å²) in [6.07, 6.45) is 7.03. The number of hydrogen-bond acceptors (Lipinski definition) is 4. The Morgan fingerprint density at radius 2 is 1.74 bits per heavy atom. The Kier molecular flexibility index (Phi) is 5.62. The van der Waals surface area contributed by atoms with Crippen LogP contribution in [0.1, 0.15) is 44.9 Å². The van der Waals surface area contributed by atoms with Gasteiger partial charge in [0.1, 0.15) is 0 Å². The highest BCUT2D eigenvalue weighted by atomic mass is 32.2. The number of ether oxygens (including phenoxy) is 1. The first-order valence-electron chi connectivity index (χ1n) is 7.42. The first-order chi connectivity index (χ1) is 9.13. The van der Waals surface area contributed by atoms with Gasteiger partial charge in [-0.1, -0.05) is 19.3 Å². The van der Waals surface area contributed by atoms with Gasteiger partial charge in [0.15, 0.2) is 0 Å². The van der Waals surface area contributed by atoms with E-state index in [1.54, 1.807) is 0 Å². The summed E-state index contributed by atoms with van der Waals surface area (Å²) in [7, 11) is -3.25. The van der Waals surface area contributed by atoms with Crippen molar-refractivity contribution >= 4 is 10.0 Å². The second-order valence-corrected chi connectivity index (χ2v) is 7.71. The molecule has 3 N–H and O–H groups in total. The van der Waals surface area contributed by atoms with Crippen LogP contribution in [0.5, 0.6) is 0 Å². The minimum absolute atomic E-state index is 0.0897. The fourth-order valence-corrected chi connectivity index (χ4v) is 4.88. The van der Waals surface area contributed by atoms with Crippen LogP contribution < -0.4 is 10.5 Å². The molecule has 1 aliphatic heterocycles. The minimum atomic E-state index is -3.25. The molecule has 2 fully saturated rings. The molecule has 2 aliphatic rings. The highest BCUT2D eigenvalue weighted by Gasteiger charge is 2.32. The fraction of sp³-hybridized carbons (Fsp3) is 1.00. The monoisotopic (exact) mass is 290 g/mol. The molecule has 2 rings (SSSR count). The van der Waals surface area contributed by atoms with Crippen LogP contribution in [0.25, 0.3) is 0 Å². The Morgan fingerprint density at radius 3 is 2.32 bits per heavy atom. The lowest BCUT2D eigenvalue weighted by Gasteiger charge is -2.32. The van der Waals surface area contributed by atoms with Crippen molar-refractivity contribution in [2.75, 3.05) is 19.8 Å². The van der Waals surface area contributed by atoms with Crippen LogP contribution in [0.4, 0.5) is 0 Å². The SMILES string of the molecule is NCC(NS(=O)(=O)C1CCOCC1)C1CCCCC1. The van der Waals surface area contributed by atoms with Crippen molar-refractivity contribution in [2.24, 2.45) is 11.7 Å². The smallest absolute Gasteiger partial charge is 0.214 e. The van der Waals surface area contributed by atoms with E-state index in [1.807, 2.05) is 0 Å². The number of nitrogens with one attached hydrogen (secondary N) is 1. The van der Waals surface area contributed by atoms with Crippen LogP contribution in [0, 0.1) is 5.92 Å². The van der Waals surface area contributed by atoms with E-state index in [1.165, 1.54) is 19.3 Å². The van der Waals surface area contributed by atoms with Crippen LogP contribution >= 0.6 is 0 Å². The third kappa shape index (κ3) is 4.15. The van der Waals surface area contributed by atoms with Crippen molar-refractivity contribution in [2.45, 2.75) is 56.2 Å². The van der Waals surface area contributed by atoms with Crippen LogP contribution in [-0.2, 0) is 14.8 Å². The second-order valence-electron chi connectivity index (χ2n) is 5.71. The van der Waals surface area contributed by atoms with E-state index in [0.29, 0.717) is 38.5 Å². The van der Waals surface area contributed by atoms with Gasteiger partial charge in [-0.2, -0.15) is 0 Å². The summed E-state index contributed by atoms with van der Waals surface area (Å²) in [5.41, 5.74) is 5.79. The van der Waals surface area contributed by atoms with E-state index in [2.05, 4.69) is 4.72 Å². The summed E-state index contributed by atoms with van der Waals surface area (Å²) in [6, 6.07) is -0.0897.